The Labute approximate surface area is 164 Å². The number of esters is 1. The minimum atomic E-state index is -0.735. The van der Waals surface area contributed by atoms with Gasteiger partial charge in [-0.1, -0.05) is 78.4 Å². The molecule has 0 radical (unpaired) electrons. The van der Waals surface area contributed by atoms with Gasteiger partial charge in [0.25, 0.3) is 0 Å². The molecule has 4 rings (SSSR count). The van der Waals surface area contributed by atoms with E-state index >= 15 is 0 Å². The number of ether oxygens (including phenoxy) is 2. The Bertz CT molecular complexity index is 966. The van der Waals surface area contributed by atoms with E-state index < -0.39 is 12.1 Å². The lowest BCUT2D eigenvalue weighted by molar-refractivity contribution is -0.148. The molecule has 0 amide bonds. The van der Waals surface area contributed by atoms with Crippen molar-refractivity contribution >= 4 is 11.9 Å². The standard InChI is InChI=1S/C24H21NO3/c1-17-12-14-19(15-13-17)22-21(24(26)27-16-18-8-4-2-5-9-18)25-23(28-22)20-10-6-3-7-11-20/h2-15,21-22H,16H2,1H3. The van der Waals surface area contributed by atoms with Gasteiger partial charge in [-0.15, -0.1) is 0 Å². The van der Waals surface area contributed by atoms with E-state index in [1.165, 1.54) is 0 Å². The van der Waals surface area contributed by atoms with Crippen molar-refractivity contribution in [2.24, 2.45) is 4.99 Å². The fourth-order valence-corrected chi connectivity index (χ4v) is 3.13. The smallest absolute Gasteiger partial charge is 0.335 e. The molecule has 0 fully saturated rings. The van der Waals surface area contributed by atoms with Gasteiger partial charge in [0.15, 0.2) is 12.1 Å². The van der Waals surface area contributed by atoms with Crippen LogP contribution in [-0.2, 0) is 20.9 Å². The number of rotatable bonds is 5. The van der Waals surface area contributed by atoms with E-state index in [4.69, 9.17) is 9.47 Å². The molecule has 1 aliphatic rings. The molecule has 2 atom stereocenters. The van der Waals surface area contributed by atoms with Gasteiger partial charge in [-0.25, -0.2) is 9.79 Å². The van der Waals surface area contributed by atoms with E-state index in [1.807, 2.05) is 91.9 Å². The molecule has 4 nitrogen and oxygen atoms in total. The molecule has 1 heterocycles. The molecule has 0 aliphatic carbocycles. The summed E-state index contributed by atoms with van der Waals surface area (Å²) in [4.78, 5) is 17.4. The van der Waals surface area contributed by atoms with Crippen LogP contribution in [0.5, 0.6) is 0 Å². The second-order valence-electron chi connectivity index (χ2n) is 6.79. The van der Waals surface area contributed by atoms with E-state index in [9.17, 15) is 4.79 Å². The largest absolute Gasteiger partial charge is 0.466 e. The topological polar surface area (TPSA) is 47.9 Å². The summed E-state index contributed by atoms with van der Waals surface area (Å²) in [6.45, 7) is 2.24. The van der Waals surface area contributed by atoms with E-state index in [1.54, 1.807) is 0 Å². The Morgan fingerprint density at radius 1 is 0.929 bits per heavy atom. The molecule has 0 N–H and O–H groups in total. The van der Waals surface area contributed by atoms with Gasteiger partial charge >= 0.3 is 5.97 Å². The van der Waals surface area contributed by atoms with E-state index in [-0.39, 0.29) is 12.6 Å². The Morgan fingerprint density at radius 2 is 1.57 bits per heavy atom. The number of aliphatic imine (C=N–C) groups is 1. The zero-order chi connectivity index (χ0) is 19.3. The highest BCUT2D eigenvalue weighted by Gasteiger charge is 2.39. The fraction of sp³-hybridized carbons (Fsp3) is 0.167. The maximum absolute atomic E-state index is 12.8. The van der Waals surface area contributed by atoms with Gasteiger partial charge in [0.2, 0.25) is 5.90 Å². The van der Waals surface area contributed by atoms with E-state index in [0.29, 0.717) is 5.90 Å². The molecule has 1 aliphatic heterocycles. The van der Waals surface area contributed by atoms with Gasteiger partial charge in [0.05, 0.1) is 0 Å². The van der Waals surface area contributed by atoms with Crippen LogP contribution in [0.4, 0.5) is 0 Å². The number of carbonyl (C=O) groups excluding carboxylic acids is 1. The van der Waals surface area contributed by atoms with Gasteiger partial charge in [0, 0.05) is 5.56 Å². The van der Waals surface area contributed by atoms with E-state index in [0.717, 1.165) is 22.3 Å². The van der Waals surface area contributed by atoms with Crippen LogP contribution in [0.15, 0.2) is 89.9 Å². The van der Waals surface area contributed by atoms with Crippen molar-refractivity contribution < 1.29 is 14.3 Å². The average molecular weight is 371 g/mol. The second kappa shape index (κ2) is 8.09. The van der Waals surface area contributed by atoms with Crippen molar-refractivity contribution in [3.8, 4) is 0 Å². The van der Waals surface area contributed by atoms with Gasteiger partial charge in [-0.05, 0) is 30.2 Å². The summed E-state index contributed by atoms with van der Waals surface area (Å²) in [5, 5.41) is 0. The first kappa shape index (κ1) is 18.0. The number of aryl methyl sites for hydroxylation is 1. The molecule has 0 saturated carbocycles. The first-order valence-electron chi connectivity index (χ1n) is 9.28. The molecule has 3 aromatic rings. The molecule has 0 bridgehead atoms. The summed E-state index contributed by atoms with van der Waals surface area (Å²) >= 11 is 0. The summed E-state index contributed by atoms with van der Waals surface area (Å²) in [5.74, 6) is 0.0770. The summed E-state index contributed by atoms with van der Waals surface area (Å²) in [7, 11) is 0. The molecule has 140 valence electrons. The lowest BCUT2D eigenvalue weighted by atomic mass is 10.0. The number of hydrogen-bond acceptors (Lipinski definition) is 4. The Hall–Kier alpha value is -3.40. The first-order chi connectivity index (χ1) is 13.7. The minimum Gasteiger partial charge on any atom is -0.466 e. The average Bonchev–Trinajstić information content (AvgIpc) is 3.19. The van der Waals surface area contributed by atoms with E-state index in [2.05, 4.69) is 4.99 Å². The zero-order valence-corrected chi connectivity index (χ0v) is 15.6. The van der Waals surface area contributed by atoms with Crippen LogP contribution in [0.25, 0.3) is 0 Å². The van der Waals surface area contributed by atoms with Crippen LogP contribution >= 0.6 is 0 Å². The van der Waals surface area contributed by atoms with Crippen LogP contribution in [-0.4, -0.2) is 17.9 Å². The highest BCUT2D eigenvalue weighted by atomic mass is 16.5. The summed E-state index contributed by atoms with van der Waals surface area (Å²) in [6.07, 6.45) is -0.501. The Balaban J connectivity index is 1.58. The molecule has 0 aromatic heterocycles. The highest BCUT2D eigenvalue weighted by molar-refractivity contribution is 5.98. The van der Waals surface area contributed by atoms with Gasteiger partial charge in [0.1, 0.15) is 6.61 Å². The second-order valence-corrected chi connectivity index (χ2v) is 6.79. The molecular formula is C24H21NO3. The van der Waals surface area contributed by atoms with Crippen LogP contribution in [0.3, 0.4) is 0 Å². The molecule has 0 saturated heterocycles. The Morgan fingerprint density at radius 3 is 2.25 bits per heavy atom. The molecular weight excluding hydrogens is 350 g/mol. The quantitative estimate of drug-likeness (QED) is 0.615. The molecule has 0 spiro atoms. The fourth-order valence-electron chi connectivity index (χ4n) is 3.13. The molecule has 3 aromatic carbocycles. The monoisotopic (exact) mass is 371 g/mol. The summed E-state index contributed by atoms with van der Waals surface area (Å²) in [5.41, 5.74) is 3.84. The van der Waals surface area contributed by atoms with Gasteiger partial charge < -0.3 is 9.47 Å². The molecule has 2 unspecified atom stereocenters. The van der Waals surface area contributed by atoms with Crippen molar-refractivity contribution in [3.05, 3.63) is 107 Å². The first-order valence-corrected chi connectivity index (χ1v) is 9.28. The van der Waals surface area contributed by atoms with Crippen molar-refractivity contribution in [2.75, 3.05) is 0 Å². The van der Waals surface area contributed by atoms with Gasteiger partial charge in [-0.2, -0.15) is 0 Å². The third-order valence-corrected chi connectivity index (χ3v) is 4.67. The van der Waals surface area contributed by atoms with Crippen molar-refractivity contribution in [3.63, 3.8) is 0 Å². The lowest BCUT2D eigenvalue weighted by Gasteiger charge is -2.17. The maximum Gasteiger partial charge on any atom is 0.335 e. The van der Waals surface area contributed by atoms with Crippen molar-refractivity contribution in [1.82, 2.24) is 0 Å². The van der Waals surface area contributed by atoms with Crippen LogP contribution in [0, 0.1) is 6.92 Å². The van der Waals surface area contributed by atoms with Crippen molar-refractivity contribution in [1.29, 1.82) is 0 Å². The zero-order valence-electron chi connectivity index (χ0n) is 15.6. The van der Waals surface area contributed by atoms with Crippen LogP contribution in [0.2, 0.25) is 0 Å². The predicted molar refractivity (Wildman–Crippen MR) is 108 cm³/mol. The number of nitrogens with zero attached hydrogens (tertiary/aromatic N) is 1. The normalized spacial score (nSPS) is 18.2. The Kier molecular flexibility index (Phi) is 5.20. The molecule has 4 heteroatoms. The summed E-state index contributed by atoms with van der Waals surface area (Å²) in [6, 6.07) is 26.5. The third kappa shape index (κ3) is 3.96. The third-order valence-electron chi connectivity index (χ3n) is 4.67. The number of carbonyl (C=O) groups is 1. The van der Waals surface area contributed by atoms with Gasteiger partial charge in [-0.3, -0.25) is 0 Å². The number of hydrogen-bond donors (Lipinski definition) is 0. The SMILES string of the molecule is Cc1ccc(C2OC(c3ccccc3)=NC2C(=O)OCc2ccccc2)cc1. The highest BCUT2D eigenvalue weighted by Crippen LogP contribution is 2.32. The van der Waals surface area contributed by atoms with Crippen molar-refractivity contribution in [2.45, 2.75) is 25.7 Å². The number of benzene rings is 3. The van der Waals surface area contributed by atoms with Crippen LogP contribution < -0.4 is 0 Å². The van der Waals surface area contributed by atoms with Crippen LogP contribution in [0.1, 0.15) is 28.4 Å². The molecule has 28 heavy (non-hydrogen) atoms. The predicted octanol–water partition coefficient (Wildman–Crippen LogP) is 4.63. The lowest BCUT2D eigenvalue weighted by Crippen LogP contribution is -2.26. The minimum absolute atomic E-state index is 0.215. The maximum atomic E-state index is 12.8. The summed E-state index contributed by atoms with van der Waals surface area (Å²) < 4.78 is 11.7.